The fourth-order valence-electron chi connectivity index (χ4n) is 1.15. The molecule has 0 spiro atoms. The van der Waals surface area contributed by atoms with E-state index in [1.807, 2.05) is 6.07 Å². The Morgan fingerprint density at radius 2 is 2.33 bits per heavy atom. The number of carbonyl (C=O) groups is 1. The van der Waals surface area contributed by atoms with Crippen LogP contribution >= 0.6 is 0 Å². The third-order valence-electron chi connectivity index (χ3n) is 1.90. The number of nitrogens with zero attached hydrogens (tertiary/aromatic N) is 1. The molecule has 0 saturated heterocycles. The number of anilines is 1. The Morgan fingerprint density at radius 1 is 1.53 bits per heavy atom. The van der Waals surface area contributed by atoms with Crippen LogP contribution in [0.2, 0.25) is 0 Å². The van der Waals surface area contributed by atoms with E-state index in [1.54, 1.807) is 24.3 Å². The largest absolute Gasteiger partial charge is 0.399 e. The molecule has 0 unspecified atom stereocenters. The Bertz CT molecular complexity index is 382. The number of carbonyl (C=O) groups excluding carboxylic acids is 1. The molecule has 4 nitrogen and oxygen atoms in total. The normalized spacial score (nSPS) is 9.27. The molecule has 0 aromatic heterocycles. The van der Waals surface area contributed by atoms with Crippen LogP contribution in [-0.4, -0.2) is 12.5 Å². The van der Waals surface area contributed by atoms with Gasteiger partial charge in [-0.05, 0) is 24.6 Å². The van der Waals surface area contributed by atoms with E-state index < -0.39 is 0 Å². The molecule has 0 aliphatic carbocycles. The van der Waals surface area contributed by atoms with Gasteiger partial charge in [0.1, 0.15) is 0 Å². The van der Waals surface area contributed by atoms with Crippen LogP contribution in [-0.2, 0) is 0 Å². The fourth-order valence-corrected chi connectivity index (χ4v) is 1.15. The maximum absolute atomic E-state index is 11.5. The van der Waals surface area contributed by atoms with E-state index in [9.17, 15) is 4.79 Å². The van der Waals surface area contributed by atoms with Gasteiger partial charge in [0.25, 0.3) is 5.91 Å². The highest BCUT2D eigenvalue weighted by molar-refractivity contribution is 5.94. The van der Waals surface area contributed by atoms with Gasteiger partial charge in [0.2, 0.25) is 0 Å². The molecule has 0 heterocycles. The molecule has 0 aliphatic heterocycles. The fraction of sp³-hybridized carbons (Fsp3) is 0.273. The van der Waals surface area contributed by atoms with Crippen molar-refractivity contribution < 1.29 is 4.79 Å². The molecule has 0 fully saturated rings. The number of benzene rings is 1. The van der Waals surface area contributed by atoms with E-state index >= 15 is 0 Å². The van der Waals surface area contributed by atoms with Crippen molar-refractivity contribution in [3.8, 4) is 6.07 Å². The average Bonchev–Trinajstić information content (AvgIpc) is 2.24. The second-order valence-corrected chi connectivity index (χ2v) is 3.14. The highest BCUT2D eigenvalue weighted by Gasteiger charge is 2.03. The van der Waals surface area contributed by atoms with Crippen molar-refractivity contribution in [2.24, 2.45) is 0 Å². The number of rotatable bonds is 4. The van der Waals surface area contributed by atoms with Crippen molar-refractivity contribution in [1.29, 1.82) is 5.26 Å². The van der Waals surface area contributed by atoms with Gasteiger partial charge in [-0.2, -0.15) is 5.26 Å². The molecular formula is C11H13N3O. The molecule has 0 radical (unpaired) electrons. The summed E-state index contributed by atoms with van der Waals surface area (Å²) < 4.78 is 0. The quantitative estimate of drug-likeness (QED) is 0.572. The number of nitrogens with one attached hydrogen (secondary N) is 1. The van der Waals surface area contributed by atoms with Gasteiger partial charge in [-0.3, -0.25) is 4.79 Å². The van der Waals surface area contributed by atoms with Crippen molar-refractivity contribution in [3.05, 3.63) is 29.8 Å². The third kappa shape index (κ3) is 3.69. The number of hydrogen-bond donors (Lipinski definition) is 2. The van der Waals surface area contributed by atoms with E-state index in [-0.39, 0.29) is 5.91 Å². The van der Waals surface area contributed by atoms with E-state index in [2.05, 4.69) is 5.32 Å². The summed E-state index contributed by atoms with van der Waals surface area (Å²) in [5.74, 6) is -0.153. The first kappa shape index (κ1) is 11.1. The molecular weight excluding hydrogens is 190 g/mol. The summed E-state index contributed by atoms with van der Waals surface area (Å²) >= 11 is 0. The van der Waals surface area contributed by atoms with E-state index in [1.165, 1.54) is 0 Å². The molecule has 0 bridgehead atoms. The van der Waals surface area contributed by atoms with Gasteiger partial charge >= 0.3 is 0 Å². The Labute approximate surface area is 88.7 Å². The summed E-state index contributed by atoms with van der Waals surface area (Å²) in [6.45, 7) is 0.515. The van der Waals surface area contributed by atoms with Crippen molar-refractivity contribution >= 4 is 11.6 Å². The Kier molecular flexibility index (Phi) is 4.17. The second-order valence-electron chi connectivity index (χ2n) is 3.14. The van der Waals surface area contributed by atoms with Gasteiger partial charge in [0.15, 0.2) is 0 Å². The Morgan fingerprint density at radius 3 is 3.00 bits per heavy atom. The zero-order chi connectivity index (χ0) is 11.1. The number of unbranched alkanes of at least 4 members (excludes halogenated alkanes) is 1. The number of hydrogen-bond acceptors (Lipinski definition) is 3. The van der Waals surface area contributed by atoms with Crippen LogP contribution in [0.4, 0.5) is 5.69 Å². The SMILES string of the molecule is N#CCCCNC(=O)c1cccc(N)c1. The predicted molar refractivity (Wildman–Crippen MR) is 58.0 cm³/mol. The van der Waals surface area contributed by atoms with Gasteiger partial charge in [-0.1, -0.05) is 6.07 Å². The maximum atomic E-state index is 11.5. The topological polar surface area (TPSA) is 78.9 Å². The summed E-state index contributed by atoms with van der Waals surface area (Å²) in [5.41, 5.74) is 6.67. The minimum atomic E-state index is -0.153. The van der Waals surface area contributed by atoms with Crippen molar-refractivity contribution in [2.75, 3.05) is 12.3 Å². The molecule has 3 N–H and O–H groups in total. The smallest absolute Gasteiger partial charge is 0.251 e. The number of amides is 1. The first-order valence-corrected chi connectivity index (χ1v) is 4.74. The van der Waals surface area contributed by atoms with Gasteiger partial charge < -0.3 is 11.1 Å². The van der Waals surface area contributed by atoms with Crippen LogP contribution in [0.25, 0.3) is 0 Å². The first-order chi connectivity index (χ1) is 7.24. The first-order valence-electron chi connectivity index (χ1n) is 4.74. The highest BCUT2D eigenvalue weighted by Crippen LogP contribution is 2.05. The number of nitrogens with two attached hydrogens (primary N) is 1. The van der Waals surface area contributed by atoms with E-state index in [0.29, 0.717) is 30.6 Å². The van der Waals surface area contributed by atoms with E-state index in [0.717, 1.165) is 0 Å². The minimum Gasteiger partial charge on any atom is -0.399 e. The highest BCUT2D eigenvalue weighted by atomic mass is 16.1. The van der Waals surface area contributed by atoms with Crippen LogP contribution in [0.5, 0.6) is 0 Å². The van der Waals surface area contributed by atoms with Crippen LogP contribution in [0, 0.1) is 11.3 Å². The van der Waals surface area contributed by atoms with Crippen LogP contribution < -0.4 is 11.1 Å². The molecule has 1 aromatic rings. The van der Waals surface area contributed by atoms with Crippen LogP contribution in [0.3, 0.4) is 0 Å². The third-order valence-corrected chi connectivity index (χ3v) is 1.90. The van der Waals surface area contributed by atoms with Crippen molar-refractivity contribution in [3.63, 3.8) is 0 Å². The average molecular weight is 203 g/mol. The monoisotopic (exact) mass is 203 g/mol. The second kappa shape index (κ2) is 5.66. The minimum absolute atomic E-state index is 0.153. The van der Waals surface area contributed by atoms with Crippen LogP contribution in [0.15, 0.2) is 24.3 Å². The molecule has 0 saturated carbocycles. The molecule has 78 valence electrons. The summed E-state index contributed by atoms with van der Waals surface area (Å²) in [6.07, 6.45) is 1.13. The standard InChI is InChI=1S/C11H13N3O/c12-6-1-2-7-14-11(15)9-4-3-5-10(13)8-9/h3-5,8H,1-2,7,13H2,(H,14,15). The lowest BCUT2D eigenvalue weighted by atomic mass is 10.2. The number of nitrogen functional groups attached to an aromatic ring is 1. The Balaban J connectivity index is 2.44. The summed E-state index contributed by atoms with van der Waals surface area (Å²) in [4.78, 5) is 11.5. The van der Waals surface area contributed by atoms with E-state index in [4.69, 9.17) is 11.0 Å². The van der Waals surface area contributed by atoms with Crippen molar-refractivity contribution in [1.82, 2.24) is 5.32 Å². The molecule has 1 amide bonds. The zero-order valence-corrected chi connectivity index (χ0v) is 8.36. The molecule has 4 heteroatoms. The molecule has 15 heavy (non-hydrogen) atoms. The van der Waals surface area contributed by atoms with Gasteiger partial charge in [0.05, 0.1) is 6.07 Å². The maximum Gasteiger partial charge on any atom is 0.251 e. The summed E-state index contributed by atoms with van der Waals surface area (Å²) in [5, 5.41) is 11.0. The lowest BCUT2D eigenvalue weighted by molar-refractivity contribution is 0.0953. The zero-order valence-electron chi connectivity index (χ0n) is 8.36. The van der Waals surface area contributed by atoms with Crippen LogP contribution in [0.1, 0.15) is 23.2 Å². The summed E-state index contributed by atoms with van der Waals surface area (Å²) in [7, 11) is 0. The predicted octanol–water partition coefficient (Wildman–Crippen LogP) is 1.30. The lowest BCUT2D eigenvalue weighted by Crippen LogP contribution is -2.24. The molecule has 0 aliphatic rings. The van der Waals surface area contributed by atoms with Gasteiger partial charge in [0, 0.05) is 24.2 Å². The lowest BCUT2D eigenvalue weighted by Gasteiger charge is -2.04. The molecule has 1 rings (SSSR count). The van der Waals surface area contributed by atoms with Gasteiger partial charge in [-0.15, -0.1) is 0 Å². The summed E-state index contributed by atoms with van der Waals surface area (Å²) in [6, 6.07) is 8.81. The molecule has 1 aromatic carbocycles. The molecule has 0 atom stereocenters. The van der Waals surface area contributed by atoms with Gasteiger partial charge in [-0.25, -0.2) is 0 Å². The Hall–Kier alpha value is -2.02. The number of nitriles is 1. The van der Waals surface area contributed by atoms with Crippen molar-refractivity contribution in [2.45, 2.75) is 12.8 Å².